The highest BCUT2D eigenvalue weighted by molar-refractivity contribution is 7.89. The molecule has 0 unspecified atom stereocenters. The van der Waals surface area contributed by atoms with Crippen LogP contribution in [0, 0.1) is 5.82 Å². The third-order valence-corrected chi connectivity index (χ3v) is 8.20. The lowest BCUT2D eigenvalue weighted by Gasteiger charge is -2.13. The van der Waals surface area contributed by atoms with E-state index in [4.69, 9.17) is 5.14 Å². The summed E-state index contributed by atoms with van der Waals surface area (Å²) in [5, 5.41) is 8.21. The predicted octanol–water partition coefficient (Wildman–Crippen LogP) is 4.36. The van der Waals surface area contributed by atoms with Crippen LogP contribution in [0.25, 0.3) is 22.2 Å². The number of sulfonamides is 1. The molecule has 0 spiro atoms. The van der Waals surface area contributed by atoms with Gasteiger partial charge in [-0.25, -0.2) is 22.9 Å². The minimum Gasteiger partial charge on any atom is -0.350 e. The number of benzene rings is 3. The molecule has 0 radical (unpaired) electrons. The highest BCUT2D eigenvalue weighted by atomic mass is 32.2. The van der Waals surface area contributed by atoms with Crippen molar-refractivity contribution in [2.45, 2.75) is 50.7 Å². The molecule has 5 aromatic rings. The van der Waals surface area contributed by atoms with Crippen molar-refractivity contribution in [2.24, 2.45) is 5.14 Å². The van der Waals surface area contributed by atoms with E-state index in [2.05, 4.69) is 10.3 Å². The summed E-state index contributed by atoms with van der Waals surface area (Å²) < 4.78 is 42.8. The largest absolute Gasteiger partial charge is 0.350 e. The average Bonchev–Trinajstić information content (AvgIpc) is 3.35. The van der Waals surface area contributed by atoms with Gasteiger partial charge in [-0.1, -0.05) is 74.0 Å². The third kappa shape index (κ3) is 6.73. The zero-order valence-corrected chi connectivity index (χ0v) is 24.5. The highest BCUT2D eigenvalue weighted by Gasteiger charge is 2.19. The zero-order valence-electron chi connectivity index (χ0n) is 23.7. The molecule has 5 rings (SSSR count). The van der Waals surface area contributed by atoms with E-state index in [1.807, 2.05) is 37.3 Å². The van der Waals surface area contributed by atoms with E-state index in [0.717, 1.165) is 18.4 Å². The van der Waals surface area contributed by atoms with Crippen molar-refractivity contribution < 1.29 is 17.6 Å². The third-order valence-electron chi connectivity index (χ3n) is 7.24. The number of nitrogens with zero attached hydrogens (tertiary/aromatic N) is 3. The number of carbonyl (C=O) groups excluding carboxylic acids is 1. The number of halogens is 1. The van der Waals surface area contributed by atoms with Gasteiger partial charge in [-0.05, 0) is 35.7 Å². The first-order valence-corrected chi connectivity index (χ1v) is 15.5. The first-order valence-electron chi connectivity index (χ1n) is 14.0. The Morgan fingerprint density at radius 1 is 1.02 bits per heavy atom. The molecule has 2 aromatic heterocycles. The summed E-state index contributed by atoms with van der Waals surface area (Å²) >= 11 is 0. The summed E-state index contributed by atoms with van der Waals surface area (Å²) in [5.41, 5.74) is 2.24. The number of hydrogen-bond acceptors (Lipinski definition) is 5. The fourth-order valence-corrected chi connectivity index (χ4v) is 5.78. The van der Waals surface area contributed by atoms with Crippen molar-refractivity contribution >= 4 is 27.0 Å². The normalized spacial score (nSPS) is 11.6. The predicted molar refractivity (Wildman–Crippen MR) is 163 cm³/mol. The van der Waals surface area contributed by atoms with Gasteiger partial charge in [0.15, 0.2) is 0 Å². The molecule has 2 heterocycles. The molecule has 43 heavy (non-hydrogen) atoms. The van der Waals surface area contributed by atoms with Gasteiger partial charge in [0.2, 0.25) is 15.9 Å². The zero-order chi connectivity index (χ0) is 30.6. The lowest BCUT2D eigenvalue weighted by molar-refractivity contribution is -0.121. The molecule has 0 atom stereocenters. The van der Waals surface area contributed by atoms with E-state index >= 15 is 4.39 Å². The number of aromatic nitrogens is 3. The summed E-state index contributed by atoms with van der Waals surface area (Å²) in [6.45, 7) is 2.24. The van der Waals surface area contributed by atoms with Gasteiger partial charge in [-0.15, -0.1) is 0 Å². The Kier molecular flexibility index (Phi) is 8.84. The second-order valence-corrected chi connectivity index (χ2v) is 11.8. The van der Waals surface area contributed by atoms with Gasteiger partial charge in [0.05, 0.1) is 17.0 Å². The molecule has 0 saturated heterocycles. The molecule has 9 nitrogen and oxygen atoms in total. The number of rotatable bonds is 11. The molecule has 0 saturated carbocycles. The molecule has 222 valence electrons. The Morgan fingerprint density at radius 2 is 1.77 bits per heavy atom. The molecule has 3 N–H and O–H groups in total. The Morgan fingerprint density at radius 3 is 2.49 bits per heavy atom. The lowest BCUT2D eigenvalue weighted by Crippen LogP contribution is -2.32. The van der Waals surface area contributed by atoms with Gasteiger partial charge in [-0.2, -0.15) is 0 Å². The van der Waals surface area contributed by atoms with Crippen LogP contribution in [0.1, 0.15) is 36.7 Å². The van der Waals surface area contributed by atoms with E-state index in [1.165, 1.54) is 16.7 Å². The van der Waals surface area contributed by atoms with Crippen LogP contribution in [0.5, 0.6) is 0 Å². The minimum absolute atomic E-state index is 0.0257. The van der Waals surface area contributed by atoms with Crippen LogP contribution in [0.4, 0.5) is 4.39 Å². The van der Waals surface area contributed by atoms with Crippen LogP contribution in [-0.2, 0) is 40.9 Å². The number of primary sulfonamides is 1. The maximum Gasteiger partial charge on any atom is 0.277 e. The van der Waals surface area contributed by atoms with Gasteiger partial charge in [0, 0.05) is 30.3 Å². The molecule has 1 amide bonds. The molecule has 0 bridgehead atoms. The van der Waals surface area contributed by atoms with Crippen molar-refractivity contribution in [1.29, 1.82) is 0 Å². The molecule has 3 aromatic carbocycles. The number of fused-ring (bicyclic) bond motifs is 1. The van der Waals surface area contributed by atoms with E-state index in [-0.39, 0.29) is 29.4 Å². The van der Waals surface area contributed by atoms with Gasteiger partial charge in [0.25, 0.3) is 5.56 Å². The first-order chi connectivity index (χ1) is 20.7. The van der Waals surface area contributed by atoms with Crippen LogP contribution in [0.15, 0.2) is 94.7 Å². The Balaban J connectivity index is 1.47. The maximum absolute atomic E-state index is 15.6. The Labute approximate surface area is 248 Å². The van der Waals surface area contributed by atoms with Crippen LogP contribution in [0.3, 0.4) is 0 Å². The molecule has 0 aliphatic carbocycles. The number of unbranched alkanes of at least 4 members (excludes halogenated alkanes) is 1. The fraction of sp³-hybridized carbons (Fsp3) is 0.219. The van der Waals surface area contributed by atoms with Crippen molar-refractivity contribution in [2.75, 3.05) is 0 Å². The lowest BCUT2D eigenvalue weighted by atomic mass is 10.0. The standard InChI is InChI=1S/C32H32FN5O4S/c1-2-3-13-29-36-27-16-17-37(21-30(39)35-19-22-9-5-4-6-10-22)32(40)31(27)38(29)20-24-15-14-23(18-26(24)33)25-11-7-8-12-28(25)43(34,41)42/h4-12,14-18H,2-3,13,19-21H2,1H3,(H,35,39)(H2,34,41,42). The minimum atomic E-state index is -4.02. The van der Waals surface area contributed by atoms with E-state index in [9.17, 15) is 18.0 Å². The van der Waals surface area contributed by atoms with Crippen LogP contribution in [0.2, 0.25) is 0 Å². The number of imidazole rings is 1. The second kappa shape index (κ2) is 12.7. The quantitative estimate of drug-likeness (QED) is 0.233. The summed E-state index contributed by atoms with van der Waals surface area (Å²) in [7, 11) is -4.02. The molecule has 0 fully saturated rings. The number of carbonyl (C=O) groups is 1. The number of nitrogens with two attached hydrogens (primary N) is 1. The topological polar surface area (TPSA) is 129 Å². The summed E-state index contributed by atoms with van der Waals surface area (Å²) in [4.78, 5) is 30.9. The number of hydrogen-bond donors (Lipinski definition) is 2. The second-order valence-electron chi connectivity index (χ2n) is 10.3. The molecular formula is C32H32FN5O4S. The van der Waals surface area contributed by atoms with Gasteiger partial charge in [-0.3, -0.25) is 9.59 Å². The maximum atomic E-state index is 15.6. The smallest absolute Gasteiger partial charge is 0.277 e. The monoisotopic (exact) mass is 601 g/mol. The highest BCUT2D eigenvalue weighted by Crippen LogP contribution is 2.29. The summed E-state index contributed by atoms with van der Waals surface area (Å²) in [6, 6.07) is 21.8. The van der Waals surface area contributed by atoms with Crippen LogP contribution < -0.4 is 16.0 Å². The van der Waals surface area contributed by atoms with E-state index < -0.39 is 21.4 Å². The summed E-state index contributed by atoms with van der Waals surface area (Å²) in [6.07, 6.45) is 3.86. The van der Waals surface area contributed by atoms with Crippen molar-refractivity contribution in [3.8, 4) is 11.1 Å². The summed E-state index contributed by atoms with van der Waals surface area (Å²) in [5.74, 6) is -0.242. The van der Waals surface area contributed by atoms with Crippen molar-refractivity contribution in [3.05, 3.63) is 118 Å². The number of pyridine rings is 1. The van der Waals surface area contributed by atoms with E-state index in [1.54, 1.807) is 47.2 Å². The van der Waals surface area contributed by atoms with Crippen LogP contribution in [-0.4, -0.2) is 28.4 Å². The van der Waals surface area contributed by atoms with Crippen molar-refractivity contribution in [3.63, 3.8) is 0 Å². The first kappa shape index (κ1) is 29.9. The van der Waals surface area contributed by atoms with Gasteiger partial charge >= 0.3 is 0 Å². The van der Waals surface area contributed by atoms with E-state index in [0.29, 0.717) is 41.0 Å². The van der Waals surface area contributed by atoms with Gasteiger partial charge in [0.1, 0.15) is 23.7 Å². The fourth-order valence-electron chi connectivity index (χ4n) is 5.02. The molecule has 11 heteroatoms. The Hall–Kier alpha value is -4.61. The number of nitrogens with one attached hydrogen (secondary N) is 1. The SMILES string of the molecule is CCCCc1nc2ccn(CC(=O)NCc3ccccc3)c(=O)c2n1Cc1ccc(-c2ccccc2S(N)(=O)=O)cc1F. The van der Waals surface area contributed by atoms with Crippen LogP contribution >= 0.6 is 0 Å². The average molecular weight is 602 g/mol. The number of amides is 1. The Bertz CT molecular complexity index is 1950. The molecule has 0 aliphatic heterocycles. The van der Waals surface area contributed by atoms with Crippen molar-refractivity contribution in [1.82, 2.24) is 19.4 Å². The molecule has 0 aliphatic rings. The van der Waals surface area contributed by atoms with Gasteiger partial charge < -0.3 is 14.5 Å². The number of aryl methyl sites for hydroxylation is 1. The molecular weight excluding hydrogens is 569 g/mol.